The predicted octanol–water partition coefficient (Wildman–Crippen LogP) is 2.16. The summed E-state index contributed by atoms with van der Waals surface area (Å²) >= 11 is 0. The van der Waals surface area contributed by atoms with Crippen molar-refractivity contribution < 1.29 is 9.59 Å². The van der Waals surface area contributed by atoms with Gasteiger partial charge in [-0.2, -0.15) is 0 Å². The van der Waals surface area contributed by atoms with Gasteiger partial charge in [-0.05, 0) is 12.8 Å². The summed E-state index contributed by atoms with van der Waals surface area (Å²) in [6, 6.07) is 0. The lowest BCUT2D eigenvalue weighted by molar-refractivity contribution is -0.125. The average Bonchev–Trinajstić information content (AvgIpc) is 2.29. The molecule has 0 aromatic carbocycles. The van der Waals surface area contributed by atoms with Crippen molar-refractivity contribution in [3.63, 3.8) is 0 Å². The molecule has 0 bridgehead atoms. The minimum atomic E-state index is -0.205. The normalized spacial score (nSPS) is 24.8. The van der Waals surface area contributed by atoms with E-state index < -0.39 is 0 Å². The number of carbonyl (C=O) groups excluding carboxylic acids is 2. The molecule has 0 aromatic heterocycles. The number of ketones is 1. The molecule has 3 nitrogen and oxygen atoms in total. The molecule has 1 aliphatic rings. The first-order valence-electron chi connectivity index (χ1n) is 5.63. The quantitative estimate of drug-likeness (QED) is 0.541. The van der Waals surface area contributed by atoms with Crippen molar-refractivity contribution in [2.45, 2.75) is 31.2 Å². The number of aldehydes is 1. The molecule has 1 rings (SSSR count). The van der Waals surface area contributed by atoms with Crippen molar-refractivity contribution in [3.8, 4) is 0 Å². The van der Waals surface area contributed by atoms with Gasteiger partial charge in [0.2, 0.25) is 0 Å². The van der Waals surface area contributed by atoms with Gasteiger partial charge in [0, 0.05) is 24.9 Å². The van der Waals surface area contributed by atoms with E-state index in [0.29, 0.717) is 25.9 Å². The minimum absolute atomic E-state index is 0. The Kier molecular flexibility index (Phi) is 7.00. The summed E-state index contributed by atoms with van der Waals surface area (Å²) in [5.74, 6) is 0.255. The lowest BCUT2D eigenvalue weighted by Gasteiger charge is -2.44. The zero-order chi connectivity index (χ0) is 12.0. The summed E-state index contributed by atoms with van der Waals surface area (Å²) < 4.78 is 0. The van der Waals surface area contributed by atoms with Gasteiger partial charge in [-0.25, -0.2) is 0 Å². The molecule has 0 unspecified atom stereocenters. The Morgan fingerprint density at radius 2 is 2.12 bits per heavy atom. The Morgan fingerprint density at radius 3 is 2.65 bits per heavy atom. The van der Waals surface area contributed by atoms with E-state index in [9.17, 15) is 9.59 Å². The van der Waals surface area contributed by atoms with Crippen LogP contribution in [0.4, 0.5) is 0 Å². The molecule has 0 aromatic rings. The fraction of sp³-hybridized carbons (Fsp3) is 0.538. The number of Topliss-reactive ketones (excluding diaryl/α,β-unsaturated/α-hetero) is 1. The Hall–Kier alpha value is -0.930. The number of carbonyl (C=O) groups is 2. The molecule has 0 spiro atoms. The van der Waals surface area contributed by atoms with Crippen LogP contribution in [0.2, 0.25) is 0 Å². The van der Waals surface area contributed by atoms with Crippen LogP contribution in [0.5, 0.6) is 0 Å². The zero-order valence-electron chi connectivity index (χ0n) is 10.1. The summed E-state index contributed by atoms with van der Waals surface area (Å²) in [5, 5.41) is 0. The van der Waals surface area contributed by atoms with Gasteiger partial charge in [0.05, 0.1) is 6.54 Å². The van der Waals surface area contributed by atoms with E-state index in [2.05, 4.69) is 18.1 Å². The molecule has 4 heteroatoms. The largest absolute Gasteiger partial charge is 0.303 e. The highest BCUT2D eigenvalue weighted by molar-refractivity contribution is 5.85. The van der Waals surface area contributed by atoms with E-state index in [4.69, 9.17) is 0 Å². The van der Waals surface area contributed by atoms with Gasteiger partial charge in [-0.15, -0.1) is 25.6 Å². The van der Waals surface area contributed by atoms with Crippen LogP contribution in [0.25, 0.3) is 0 Å². The molecule has 1 aliphatic heterocycles. The number of nitrogens with zero attached hydrogens (tertiary/aromatic N) is 1. The van der Waals surface area contributed by atoms with E-state index in [0.717, 1.165) is 19.1 Å². The van der Waals surface area contributed by atoms with Crippen molar-refractivity contribution >= 4 is 24.5 Å². The Labute approximate surface area is 109 Å². The number of hydrogen-bond acceptors (Lipinski definition) is 3. The molecule has 1 heterocycles. The lowest BCUT2D eigenvalue weighted by atomic mass is 9.82. The van der Waals surface area contributed by atoms with Crippen LogP contribution in [-0.4, -0.2) is 35.6 Å². The van der Waals surface area contributed by atoms with Crippen molar-refractivity contribution in [2.75, 3.05) is 13.1 Å². The molecule has 17 heavy (non-hydrogen) atoms. The average molecular weight is 258 g/mol. The zero-order valence-corrected chi connectivity index (χ0v) is 10.9. The number of piperidine rings is 1. The number of hydrogen-bond donors (Lipinski definition) is 0. The molecule has 0 saturated carbocycles. The molecule has 0 N–H and O–H groups in total. The molecule has 1 fully saturated rings. The van der Waals surface area contributed by atoms with Crippen LogP contribution in [0, 0.1) is 0 Å². The van der Waals surface area contributed by atoms with Crippen LogP contribution in [0.3, 0.4) is 0 Å². The fourth-order valence-electron chi connectivity index (χ4n) is 2.29. The van der Waals surface area contributed by atoms with Crippen LogP contribution in [0.15, 0.2) is 25.3 Å². The van der Waals surface area contributed by atoms with Crippen LogP contribution < -0.4 is 0 Å². The summed E-state index contributed by atoms with van der Waals surface area (Å²) in [4.78, 5) is 24.0. The van der Waals surface area contributed by atoms with E-state index in [-0.39, 0.29) is 23.7 Å². The molecular formula is C13H20ClNO2. The van der Waals surface area contributed by atoms with Gasteiger partial charge >= 0.3 is 0 Å². The van der Waals surface area contributed by atoms with Gasteiger partial charge in [0.15, 0.2) is 0 Å². The monoisotopic (exact) mass is 257 g/mol. The van der Waals surface area contributed by atoms with Crippen LogP contribution in [-0.2, 0) is 9.59 Å². The highest BCUT2D eigenvalue weighted by atomic mass is 35.5. The molecule has 1 atom stereocenters. The first-order valence-corrected chi connectivity index (χ1v) is 5.63. The third-order valence-corrected chi connectivity index (χ3v) is 3.26. The predicted molar refractivity (Wildman–Crippen MR) is 71.5 cm³/mol. The smallest absolute Gasteiger partial charge is 0.146 e. The summed E-state index contributed by atoms with van der Waals surface area (Å²) in [7, 11) is 0. The first-order chi connectivity index (χ1) is 7.68. The maximum absolute atomic E-state index is 11.4. The first kappa shape index (κ1) is 16.1. The molecular weight excluding hydrogens is 238 g/mol. The van der Waals surface area contributed by atoms with Gasteiger partial charge < -0.3 is 4.79 Å². The standard InChI is InChI=1S/C13H19NO2.ClH/c1-3-9-14-11-12(16)6-8-13(14,4-2)7-5-10-15;/h3-4,10H,1-2,5-9,11H2;1H/t13-;/m0./s1. The Balaban J connectivity index is 0.00000256. The van der Waals surface area contributed by atoms with Crippen LogP contribution >= 0.6 is 12.4 Å². The molecule has 0 aliphatic carbocycles. The van der Waals surface area contributed by atoms with E-state index >= 15 is 0 Å². The third-order valence-electron chi connectivity index (χ3n) is 3.26. The highest BCUT2D eigenvalue weighted by Crippen LogP contribution is 2.31. The summed E-state index contributed by atoms with van der Waals surface area (Å²) in [6.45, 7) is 8.67. The summed E-state index contributed by atoms with van der Waals surface area (Å²) in [6.07, 6.45) is 7.18. The van der Waals surface area contributed by atoms with Crippen molar-refractivity contribution in [3.05, 3.63) is 25.3 Å². The Morgan fingerprint density at radius 1 is 1.41 bits per heavy atom. The second kappa shape index (κ2) is 7.41. The van der Waals surface area contributed by atoms with E-state index in [1.165, 1.54) is 0 Å². The Bertz CT molecular complexity index is 300. The SMILES string of the molecule is C=CCN1CC(=O)CC[C@]1(C=C)CCC=O.Cl. The van der Waals surface area contributed by atoms with Crippen LogP contribution in [0.1, 0.15) is 25.7 Å². The van der Waals surface area contributed by atoms with E-state index in [1.54, 1.807) is 6.08 Å². The van der Waals surface area contributed by atoms with Crippen molar-refractivity contribution in [2.24, 2.45) is 0 Å². The minimum Gasteiger partial charge on any atom is -0.303 e. The van der Waals surface area contributed by atoms with Crippen molar-refractivity contribution in [1.29, 1.82) is 0 Å². The second-order valence-corrected chi connectivity index (χ2v) is 4.22. The third kappa shape index (κ3) is 3.79. The number of likely N-dealkylation sites (tertiary alicyclic amines) is 1. The maximum atomic E-state index is 11.4. The van der Waals surface area contributed by atoms with Gasteiger partial charge in [-0.1, -0.05) is 12.2 Å². The lowest BCUT2D eigenvalue weighted by Crippen LogP contribution is -2.53. The number of rotatable bonds is 6. The molecule has 96 valence electrons. The maximum Gasteiger partial charge on any atom is 0.146 e. The second-order valence-electron chi connectivity index (χ2n) is 4.22. The van der Waals surface area contributed by atoms with Gasteiger partial charge in [0.1, 0.15) is 12.1 Å². The molecule has 0 amide bonds. The fourth-order valence-corrected chi connectivity index (χ4v) is 2.29. The number of halogens is 1. The molecule has 1 saturated heterocycles. The summed E-state index contributed by atoms with van der Waals surface area (Å²) in [5.41, 5.74) is -0.205. The van der Waals surface area contributed by atoms with Gasteiger partial charge in [0.25, 0.3) is 0 Å². The van der Waals surface area contributed by atoms with E-state index in [1.807, 2.05) is 6.08 Å². The van der Waals surface area contributed by atoms with Gasteiger partial charge in [-0.3, -0.25) is 9.69 Å². The molecule has 0 radical (unpaired) electrons. The highest BCUT2D eigenvalue weighted by Gasteiger charge is 2.37. The topological polar surface area (TPSA) is 37.4 Å². The van der Waals surface area contributed by atoms with Crippen molar-refractivity contribution in [1.82, 2.24) is 4.90 Å².